The van der Waals surface area contributed by atoms with E-state index in [4.69, 9.17) is 14.2 Å². The lowest BCUT2D eigenvalue weighted by molar-refractivity contribution is -0.130. The van der Waals surface area contributed by atoms with Crippen LogP contribution in [0.25, 0.3) is 0 Å². The molecule has 2 aromatic carbocycles. The van der Waals surface area contributed by atoms with Gasteiger partial charge in [0.25, 0.3) is 5.91 Å². The number of urea groups is 1. The van der Waals surface area contributed by atoms with Crippen LogP contribution in [0.2, 0.25) is 0 Å². The summed E-state index contributed by atoms with van der Waals surface area (Å²) in [5.74, 6) is 0.857. The van der Waals surface area contributed by atoms with E-state index in [-0.39, 0.29) is 18.7 Å². The van der Waals surface area contributed by atoms with Crippen molar-refractivity contribution in [3.8, 4) is 17.2 Å². The molecule has 4 rings (SSSR count). The van der Waals surface area contributed by atoms with E-state index in [1.807, 2.05) is 18.2 Å². The minimum absolute atomic E-state index is 0.246. The zero-order valence-corrected chi connectivity index (χ0v) is 16.8. The smallest absolute Gasteiger partial charge is 0.325 e. The lowest BCUT2D eigenvalue weighted by atomic mass is 9.92. The van der Waals surface area contributed by atoms with E-state index in [0.29, 0.717) is 36.0 Å². The van der Waals surface area contributed by atoms with E-state index >= 15 is 0 Å². The summed E-state index contributed by atoms with van der Waals surface area (Å²) in [4.78, 5) is 39.3. The van der Waals surface area contributed by atoms with Crippen molar-refractivity contribution in [3.05, 3.63) is 53.6 Å². The molecule has 0 aliphatic carbocycles. The number of carbonyl (C=O) groups excluding carboxylic acids is 3. The number of nitrogens with zero attached hydrogens (tertiary/aromatic N) is 1. The van der Waals surface area contributed by atoms with E-state index in [2.05, 4.69) is 5.32 Å². The summed E-state index contributed by atoms with van der Waals surface area (Å²) < 4.78 is 16.3. The Morgan fingerprint density at radius 3 is 2.63 bits per heavy atom. The number of carbonyl (C=O) groups is 3. The molecule has 8 nitrogen and oxygen atoms in total. The van der Waals surface area contributed by atoms with Crippen LogP contribution in [0.4, 0.5) is 4.79 Å². The molecule has 1 saturated heterocycles. The molecule has 30 heavy (non-hydrogen) atoms. The summed E-state index contributed by atoms with van der Waals surface area (Å²) in [5.41, 5.74) is -0.0342. The highest BCUT2D eigenvalue weighted by molar-refractivity contribution is 6.11. The second-order valence-electron chi connectivity index (χ2n) is 7.42. The molecule has 0 saturated carbocycles. The van der Waals surface area contributed by atoms with Crippen molar-refractivity contribution >= 4 is 17.7 Å². The molecule has 2 aromatic rings. The molecule has 0 aromatic heterocycles. The van der Waals surface area contributed by atoms with Crippen LogP contribution in [0.5, 0.6) is 17.2 Å². The Morgan fingerprint density at radius 2 is 1.87 bits per heavy atom. The molecule has 0 radical (unpaired) electrons. The van der Waals surface area contributed by atoms with Gasteiger partial charge in [0.2, 0.25) is 0 Å². The molecule has 2 heterocycles. The van der Waals surface area contributed by atoms with Gasteiger partial charge in [0.05, 0.1) is 13.7 Å². The quantitative estimate of drug-likeness (QED) is 0.580. The van der Waals surface area contributed by atoms with Crippen molar-refractivity contribution in [2.24, 2.45) is 0 Å². The summed E-state index contributed by atoms with van der Waals surface area (Å²) in [6, 6.07) is 11.5. The van der Waals surface area contributed by atoms with Crippen molar-refractivity contribution in [2.45, 2.75) is 18.9 Å². The second-order valence-corrected chi connectivity index (χ2v) is 7.42. The highest BCUT2D eigenvalue weighted by Gasteiger charge is 2.48. The molecule has 3 amide bonds. The molecule has 2 aliphatic heterocycles. The van der Waals surface area contributed by atoms with Gasteiger partial charge in [-0.25, -0.2) is 4.79 Å². The number of amides is 3. The van der Waals surface area contributed by atoms with E-state index in [1.165, 1.54) is 0 Å². The van der Waals surface area contributed by atoms with Crippen LogP contribution in [0, 0.1) is 0 Å². The van der Waals surface area contributed by atoms with Crippen molar-refractivity contribution < 1.29 is 28.6 Å². The normalized spacial score (nSPS) is 20.1. The van der Waals surface area contributed by atoms with Crippen LogP contribution in [-0.2, 0) is 11.2 Å². The zero-order chi connectivity index (χ0) is 21.3. The maximum Gasteiger partial charge on any atom is 0.325 e. The lowest BCUT2D eigenvalue weighted by Crippen LogP contribution is -2.46. The number of hydrogen-bond acceptors (Lipinski definition) is 6. The van der Waals surface area contributed by atoms with Crippen LogP contribution < -0.4 is 19.5 Å². The Labute approximate surface area is 173 Å². The van der Waals surface area contributed by atoms with Crippen LogP contribution >= 0.6 is 0 Å². The third kappa shape index (κ3) is 3.56. The van der Waals surface area contributed by atoms with Crippen molar-refractivity contribution in [3.63, 3.8) is 0 Å². The third-order valence-corrected chi connectivity index (χ3v) is 5.25. The van der Waals surface area contributed by atoms with Crippen LogP contribution in [0.15, 0.2) is 42.5 Å². The topological polar surface area (TPSA) is 94.2 Å². The summed E-state index contributed by atoms with van der Waals surface area (Å²) in [7, 11) is 1.55. The minimum atomic E-state index is -1.17. The third-order valence-electron chi connectivity index (χ3n) is 5.25. The number of fused-ring (bicyclic) bond motifs is 1. The van der Waals surface area contributed by atoms with E-state index < -0.39 is 17.5 Å². The van der Waals surface area contributed by atoms with Gasteiger partial charge < -0.3 is 19.5 Å². The molecule has 0 spiro atoms. The highest BCUT2D eigenvalue weighted by atomic mass is 16.6. The fourth-order valence-corrected chi connectivity index (χ4v) is 3.69. The SMILES string of the molecule is COc1ccccc1C[C@]1(C)NC(=O)N(CC(=O)c2ccc3c(c2)OCCO3)C1=O. The minimum Gasteiger partial charge on any atom is -0.496 e. The number of benzene rings is 2. The van der Waals surface area contributed by atoms with Gasteiger partial charge in [0, 0.05) is 12.0 Å². The standard InChI is InChI=1S/C22H22N2O6/c1-22(12-15-5-3-4-6-17(15)28-2)20(26)24(21(27)23-22)13-16(25)14-7-8-18-19(11-14)30-10-9-29-18/h3-8,11H,9-10,12-13H2,1-2H3,(H,23,27)/t22-/m0/s1. The fraction of sp³-hybridized carbons (Fsp3) is 0.318. The van der Waals surface area contributed by atoms with Gasteiger partial charge in [-0.1, -0.05) is 18.2 Å². The lowest BCUT2D eigenvalue weighted by Gasteiger charge is -2.23. The Bertz CT molecular complexity index is 1020. The maximum atomic E-state index is 13.0. The molecule has 1 fully saturated rings. The molecule has 2 aliphatic rings. The number of methoxy groups -OCH3 is 1. The number of nitrogens with one attached hydrogen (secondary N) is 1. The predicted octanol–water partition coefficient (Wildman–Crippen LogP) is 2.20. The van der Waals surface area contributed by atoms with Gasteiger partial charge in [-0.3, -0.25) is 14.5 Å². The molecule has 0 unspecified atom stereocenters. The van der Waals surface area contributed by atoms with E-state index in [0.717, 1.165) is 10.5 Å². The number of rotatable bonds is 6. The molecule has 156 valence electrons. The largest absolute Gasteiger partial charge is 0.496 e. The highest BCUT2D eigenvalue weighted by Crippen LogP contribution is 2.31. The number of Topliss-reactive ketones (excluding diaryl/α,β-unsaturated/α-hetero) is 1. The average molecular weight is 410 g/mol. The number of para-hydroxylation sites is 1. The molecule has 8 heteroatoms. The van der Waals surface area contributed by atoms with E-state index in [1.54, 1.807) is 38.3 Å². The van der Waals surface area contributed by atoms with Gasteiger partial charge in [-0.2, -0.15) is 0 Å². The summed E-state index contributed by atoms with van der Waals surface area (Å²) in [6.45, 7) is 2.15. The molecule has 1 N–H and O–H groups in total. The van der Waals surface area contributed by atoms with Gasteiger partial charge in [0.15, 0.2) is 17.3 Å². The first-order valence-electron chi connectivity index (χ1n) is 9.60. The Balaban J connectivity index is 1.50. The first kappa shape index (κ1) is 19.8. The predicted molar refractivity (Wildman–Crippen MR) is 107 cm³/mol. The van der Waals surface area contributed by atoms with Crippen LogP contribution in [0.1, 0.15) is 22.8 Å². The number of ether oxygens (including phenoxy) is 3. The van der Waals surface area contributed by atoms with Crippen molar-refractivity contribution in [1.29, 1.82) is 0 Å². The number of ketones is 1. The van der Waals surface area contributed by atoms with Gasteiger partial charge >= 0.3 is 6.03 Å². The first-order chi connectivity index (χ1) is 14.4. The zero-order valence-electron chi connectivity index (χ0n) is 16.8. The van der Waals surface area contributed by atoms with Crippen molar-refractivity contribution in [1.82, 2.24) is 10.2 Å². The summed E-state index contributed by atoms with van der Waals surface area (Å²) in [6.07, 6.45) is 0.246. The summed E-state index contributed by atoms with van der Waals surface area (Å²) >= 11 is 0. The fourth-order valence-electron chi connectivity index (χ4n) is 3.69. The van der Waals surface area contributed by atoms with Gasteiger partial charge in [-0.15, -0.1) is 0 Å². The van der Waals surface area contributed by atoms with Gasteiger partial charge in [-0.05, 0) is 36.8 Å². The van der Waals surface area contributed by atoms with Crippen LogP contribution in [-0.4, -0.2) is 55.0 Å². The second kappa shape index (κ2) is 7.70. The number of hydrogen-bond donors (Lipinski definition) is 1. The molecular formula is C22H22N2O6. The number of imide groups is 1. The van der Waals surface area contributed by atoms with Crippen LogP contribution in [0.3, 0.4) is 0 Å². The van der Waals surface area contributed by atoms with Crippen molar-refractivity contribution in [2.75, 3.05) is 26.9 Å². The van der Waals surface area contributed by atoms with E-state index in [9.17, 15) is 14.4 Å². The molecule has 1 atom stereocenters. The summed E-state index contributed by atoms with van der Waals surface area (Å²) in [5, 5.41) is 2.72. The Kier molecular flexibility index (Phi) is 5.07. The molecular weight excluding hydrogens is 388 g/mol. The molecule has 0 bridgehead atoms. The average Bonchev–Trinajstić information content (AvgIpc) is 2.96. The monoisotopic (exact) mass is 410 g/mol. The van der Waals surface area contributed by atoms with Gasteiger partial charge in [0.1, 0.15) is 24.5 Å². The first-order valence-corrected chi connectivity index (χ1v) is 9.60. The Morgan fingerprint density at radius 1 is 1.13 bits per heavy atom. The maximum absolute atomic E-state index is 13.0. The Hall–Kier alpha value is -3.55.